The summed E-state index contributed by atoms with van der Waals surface area (Å²) in [5.74, 6) is 5.58. The number of aromatic nitrogens is 1. The zero-order chi connectivity index (χ0) is 13.0. The lowest BCUT2D eigenvalue weighted by molar-refractivity contribution is 0.538. The molecule has 18 heavy (non-hydrogen) atoms. The van der Waals surface area contributed by atoms with Crippen LogP contribution in [0.4, 0.5) is 0 Å². The number of hydrogen-bond acceptors (Lipinski definition) is 3. The molecule has 3 N–H and O–H groups in total. The third-order valence-electron chi connectivity index (χ3n) is 2.72. The monoisotopic (exact) mass is 281 g/mol. The highest BCUT2D eigenvalue weighted by molar-refractivity contribution is 6.36. The van der Waals surface area contributed by atoms with Gasteiger partial charge in [-0.15, -0.1) is 0 Å². The Kier molecular flexibility index (Phi) is 4.55. The molecule has 1 aromatic carbocycles. The number of nitrogens with two attached hydrogens (primary N) is 1. The van der Waals surface area contributed by atoms with Gasteiger partial charge in [0.15, 0.2) is 0 Å². The first-order chi connectivity index (χ1) is 8.72. The van der Waals surface area contributed by atoms with E-state index in [1.807, 2.05) is 36.4 Å². The van der Waals surface area contributed by atoms with Crippen molar-refractivity contribution in [2.24, 2.45) is 5.84 Å². The Balaban J connectivity index is 2.26. The average Bonchev–Trinajstić information content (AvgIpc) is 2.40. The van der Waals surface area contributed by atoms with Crippen LogP contribution in [0.1, 0.15) is 17.3 Å². The van der Waals surface area contributed by atoms with E-state index in [1.165, 1.54) is 0 Å². The summed E-state index contributed by atoms with van der Waals surface area (Å²) in [6.45, 7) is 0. The normalized spacial score (nSPS) is 12.4. The van der Waals surface area contributed by atoms with E-state index in [0.717, 1.165) is 11.3 Å². The maximum Gasteiger partial charge on any atom is 0.0673 e. The van der Waals surface area contributed by atoms with Gasteiger partial charge in [-0.3, -0.25) is 16.3 Å². The minimum absolute atomic E-state index is 0.122. The number of nitrogens with one attached hydrogen (secondary N) is 1. The van der Waals surface area contributed by atoms with Crippen molar-refractivity contribution in [2.45, 2.75) is 12.5 Å². The van der Waals surface area contributed by atoms with Crippen molar-refractivity contribution >= 4 is 23.2 Å². The Bertz CT molecular complexity index is 497. The van der Waals surface area contributed by atoms with E-state index in [4.69, 9.17) is 29.0 Å². The van der Waals surface area contributed by atoms with Crippen molar-refractivity contribution in [1.82, 2.24) is 10.4 Å². The van der Waals surface area contributed by atoms with E-state index in [-0.39, 0.29) is 6.04 Å². The third kappa shape index (κ3) is 3.00. The van der Waals surface area contributed by atoms with Gasteiger partial charge in [-0.1, -0.05) is 35.3 Å². The molecule has 1 heterocycles. The molecule has 2 aromatic rings. The fraction of sp³-hybridized carbons (Fsp3) is 0.154. The van der Waals surface area contributed by atoms with Crippen LogP contribution in [0.15, 0.2) is 42.6 Å². The molecule has 0 bridgehead atoms. The molecule has 0 aliphatic heterocycles. The van der Waals surface area contributed by atoms with E-state index >= 15 is 0 Å². The molecule has 94 valence electrons. The van der Waals surface area contributed by atoms with E-state index in [1.54, 1.807) is 6.20 Å². The summed E-state index contributed by atoms with van der Waals surface area (Å²) in [6.07, 6.45) is 2.32. The topological polar surface area (TPSA) is 50.9 Å². The number of hydrazine groups is 1. The quantitative estimate of drug-likeness (QED) is 0.669. The molecular weight excluding hydrogens is 269 g/mol. The molecule has 0 spiro atoms. The molecule has 0 fully saturated rings. The van der Waals surface area contributed by atoms with Gasteiger partial charge < -0.3 is 0 Å². The fourth-order valence-electron chi connectivity index (χ4n) is 1.76. The fourth-order valence-corrected chi connectivity index (χ4v) is 2.31. The van der Waals surface area contributed by atoms with E-state index < -0.39 is 0 Å². The lowest BCUT2D eigenvalue weighted by Gasteiger charge is -2.17. The Morgan fingerprint density at radius 2 is 1.83 bits per heavy atom. The molecule has 1 aromatic heterocycles. The minimum atomic E-state index is -0.122. The molecule has 1 atom stereocenters. The van der Waals surface area contributed by atoms with Crippen molar-refractivity contribution in [3.8, 4) is 0 Å². The van der Waals surface area contributed by atoms with Gasteiger partial charge in [-0.25, -0.2) is 0 Å². The molecule has 0 saturated carbocycles. The summed E-state index contributed by atoms with van der Waals surface area (Å²) in [6, 6.07) is 11.0. The molecule has 0 saturated heterocycles. The molecule has 0 radical (unpaired) electrons. The first kappa shape index (κ1) is 13.3. The highest BCUT2D eigenvalue weighted by atomic mass is 35.5. The van der Waals surface area contributed by atoms with Gasteiger partial charge in [0, 0.05) is 16.2 Å². The number of halogens is 2. The minimum Gasteiger partial charge on any atom is -0.271 e. The maximum absolute atomic E-state index is 6.14. The summed E-state index contributed by atoms with van der Waals surface area (Å²) >= 11 is 12.3. The van der Waals surface area contributed by atoms with Gasteiger partial charge in [0.25, 0.3) is 0 Å². The summed E-state index contributed by atoms with van der Waals surface area (Å²) in [5.41, 5.74) is 4.47. The molecule has 0 amide bonds. The molecule has 1 unspecified atom stereocenters. The summed E-state index contributed by atoms with van der Waals surface area (Å²) < 4.78 is 0. The second-order valence-corrected chi connectivity index (χ2v) is 4.69. The molecule has 5 heteroatoms. The Morgan fingerprint density at radius 1 is 1.11 bits per heavy atom. The lowest BCUT2D eigenvalue weighted by Crippen LogP contribution is -2.30. The second kappa shape index (κ2) is 6.16. The molecule has 2 rings (SSSR count). The van der Waals surface area contributed by atoms with Gasteiger partial charge in [-0.2, -0.15) is 0 Å². The van der Waals surface area contributed by atoms with Crippen LogP contribution >= 0.6 is 23.2 Å². The smallest absolute Gasteiger partial charge is 0.0673 e. The van der Waals surface area contributed by atoms with Gasteiger partial charge in [0.05, 0.1) is 11.7 Å². The Morgan fingerprint density at radius 3 is 2.39 bits per heavy atom. The average molecular weight is 282 g/mol. The zero-order valence-electron chi connectivity index (χ0n) is 9.61. The highest BCUT2D eigenvalue weighted by Crippen LogP contribution is 2.28. The number of nitrogens with zero attached hydrogens (tertiary/aromatic N) is 1. The predicted molar refractivity (Wildman–Crippen MR) is 74.5 cm³/mol. The lowest BCUT2D eigenvalue weighted by atomic mass is 10.0. The summed E-state index contributed by atoms with van der Waals surface area (Å²) in [4.78, 5) is 4.28. The number of pyridine rings is 1. The highest BCUT2D eigenvalue weighted by Gasteiger charge is 2.15. The standard InChI is InChI=1S/C13H13Cl2N3/c14-10-4-3-5-11(15)9(10)8-13(18-16)12-6-1-2-7-17-12/h1-7,13,18H,8,16H2. The van der Waals surface area contributed by atoms with Crippen molar-refractivity contribution in [3.05, 3.63) is 63.9 Å². The number of benzene rings is 1. The van der Waals surface area contributed by atoms with Crippen LogP contribution in [0.3, 0.4) is 0 Å². The van der Waals surface area contributed by atoms with Gasteiger partial charge >= 0.3 is 0 Å². The van der Waals surface area contributed by atoms with Crippen LogP contribution in [-0.4, -0.2) is 4.98 Å². The summed E-state index contributed by atoms with van der Waals surface area (Å²) in [5, 5.41) is 1.28. The largest absolute Gasteiger partial charge is 0.271 e. The molecule has 0 aliphatic rings. The van der Waals surface area contributed by atoms with E-state index in [0.29, 0.717) is 16.5 Å². The van der Waals surface area contributed by atoms with Crippen LogP contribution in [-0.2, 0) is 6.42 Å². The SMILES string of the molecule is NNC(Cc1c(Cl)cccc1Cl)c1ccccn1. The van der Waals surface area contributed by atoms with Crippen LogP contribution in [0, 0.1) is 0 Å². The predicted octanol–water partition coefficient (Wildman–Crippen LogP) is 3.14. The van der Waals surface area contributed by atoms with Crippen LogP contribution in [0.2, 0.25) is 10.0 Å². The first-order valence-corrected chi connectivity index (χ1v) is 6.28. The van der Waals surface area contributed by atoms with E-state index in [2.05, 4.69) is 10.4 Å². The van der Waals surface area contributed by atoms with Crippen LogP contribution in [0.25, 0.3) is 0 Å². The van der Waals surface area contributed by atoms with Crippen LogP contribution < -0.4 is 11.3 Å². The zero-order valence-corrected chi connectivity index (χ0v) is 11.1. The number of hydrogen-bond donors (Lipinski definition) is 2. The van der Waals surface area contributed by atoms with E-state index in [9.17, 15) is 0 Å². The molecule has 0 aliphatic carbocycles. The number of rotatable bonds is 4. The van der Waals surface area contributed by atoms with Gasteiger partial charge in [0.1, 0.15) is 0 Å². The van der Waals surface area contributed by atoms with Crippen molar-refractivity contribution in [1.29, 1.82) is 0 Å². The van der Waals surface area contributed by atoms with Crippen molar-refractivity contribution < 1.29 is 0 Å². The van der Waals surface area contributed by atoms with Crippen molar-refractivity contribution in [3.63, 3.8) is 0 Å². The van der Waals surface area contributed by atoms with Crippen LogP contribution in [0.5, 0.6) is 0 Å². The molecular formula is C13H13Cl2N3. The second-order valence-electron chi connectivity index (χ2n) is 3.88. The molecule has 3 nitrogen and oxygen atoms in total. The van der Waals surface area contributed by atoms with Gasteiger partial charge in [-0.05, 0) is 36.2 Å². The van der Waals surface area contributed by atoms with Crippen molar-refractivity contribution in [2.75, 3.05) is 0 Å². The first-order valence-electron chi connectivity index (χ1n) is 5.52. The Labute approximate surface area is 116 Å². The summed E-state index contributed by atoms with van der Waals surface area (Å²) in [7, 11) is 0. The third-order valence-corrected chi connectivity index (χ3v) is 3.42. The maximum atomic E-state index is 6.14. The Hall–Kier alpha value is -1.13. The van der Waals surface area contributed by atoms with Gasteiger partial charge in [0.2, 0.25) is 0 Å².